The van der Waals surface area contributed by atoms with Crippen molar-refractivity contribution in [2.75, 3.05) is 19.7 Å². The number of ether oxygens (including phenoxy) is 1. The highest BCUT2D eigenvalue weighted by Gasteiger charge is 2.24. The first kappa shape index (κ1) is 18.9. The summed E-state index contributed by atoms with van der Waals surface area (Å²) in [7, 11) is 0. The average molecular weight is 337 g/mol. The van der Waals surface area contributed by atoms with Gasteiger partial charge in [-0.05, 0) is 24.7 Å². The Balaban J connectivity index is 1.72. The Bertz CT molecular complexity index is 513. The molecule has 1 aliphatic rings. The Hall–Kier alpha value is -1.43. The van der Waals surface area contributed by atoms with Crippen molar-refractivity contribution in [3.05, 3.63) is 11.7 Å². The molecule has 1 fully saturated rings. The minimum atomic E-state index is 0.122. The molecule has 24 heavy (non-hydrogen) atoms. The third-order valence-corrected chi connectivity index (χ3v) is 4.09. The van der Waals surface area contributed by atoms with E-state index in [1.807, 2.05) is 4.90 Å². The first-order valence-corrected chi connectivity index (χ1v) is 9.15. The fourth-order valence-electron chi connectivity index (χ4n) is 2.92. The molecule has 2 heterocycles. The van der Waals surface area contributed by atoms with E-state index < -0.39 is 0 Å². The van der Waals surface area contributed by atoms with Crippen LogP contribution in [0.5, 0.6) is 0 Å². The quantitative estimate of drug-likeness (QED) is 0.729. The third-order valence-electron chi connectivity index (χ3n) is 4.09. The molecule has 1 atom stereocenters. The van der Waals surface area contributed by atoms with Crippen molar-refractivity contribution in [2.45, 2.75) is 65.9 Å². The molecule has 1 aliphatic heterocycles. The van der Waals surface area contributed by atoms with Crippen molar-refractivity contribution in [1.82, 2.24) is 15.0 Å². The SMILES string of the molecule is CC(C)CC(=O)N1CCCC(OCCc2noc(CC(C)C)n2)C1. The number of amides is 1. The fourth-order valence-corrected chi connectivity index (χ4v) is 2.92. The normalized spacial score (nSPS) is 18.6. The van der Waals surface area contributed by atoms with E-state index >= 15 is 0 Å². The molecule has 1 saturated heterocycles. The highest BCUT2D eigenvalue weighted by Crippen LogP contribution is 2.16. The lowest BCUT2D eigenvalue weighted by molar-refractivity contribution is -0.136. The lowest BCUT2D eigenvalue weighted by Gasteiger charge is -2.33. The van der Waals surface area contributed by atoms with Gasteiger partial charge in [0.1, 0.15) is 0 Å². The van der Waals surface area contributed by atoms with Gasteiger partial charge in [0, 0.05) is 32.4 Å². The molecule has 136 valence electrons. The molecule has 0 bridgehead atoms. The van der Waals surface area contributed by atoms with Gasteiger partial charge in [0.2, 0.25) is 11.8 Å². The highest BCUT2D eigenvalue weighted by molar-refractivity contribution is 5.76. The van der Waals surface area contributed by atoms with E-state index in [2.05, 4.69) is 37.8 Å². The molecular weight excluding hydrogens is 306 g/mol. The molecule has 1 aromatic rings. The predicted octanol–water partition coefficient (Wildman–Crippen LogP) is 2.86. The molecule has 0 radical (unpaired) electrons. The van der Waals surface area contributed by atoms with Gasteiger partial charge in [-0.15, -0.1) is 0 Å². The number of rotatable bonds is 8. The van der Waals surface area contributed by atoms with Gasteiger partial charge in [0.05, 0.1) is 12.7 Å². The summed E-state index contributed by atoms with van der Waals surface area (Å²) < 4.78 is 11.2. The Morgan fingerprint density at radius 3 is 2.83 bits per heavy atom. The molecule has 1 amide bonds. The standard InChI is InChI=1S/C18H31N3O3/c1-13(2)10-17-19-16(20-24-17)7-9-23-15-6-5-8-21(12-15)18(22)11-14(3)4/h13-15H,5-12H2,1-4H3. The van der Waals surface area contributed by atoms with Crippen LogP contribution in [0.15, 0.2) is 4.52 Å². The number of likely N-dealkylation sites (tertiary alicyclic amines) is 1. The molecule has 0 spiro atoms. The molecule has 0 aliphatic carbocycles. The fraction of sp³-hybridized carbons (Fsp3) is 0.833. The van der Waals surface area contributed by atoms with Crippen LogP contribution in [0.1, 0.15) is 58.7 Å². The average Bonchev–Trinajstić information content (AvgIpc) is 2.93. The number of piperidine rings is 1. The van der Waals surface area contributed by atoms with E-state index in [0.29, 0.717) is 49.5 Å². The maximum atomic E-state index is 12.2. The van der Waals surface area contributed by atoms with Gasteiger partial charge in [-0.3, -0.25) is 4.79 Å². The van der Waals surface area contributed by atoms with E-state index in [1.54, 1.807) is 0 Å². The molecule has 6 nitrogen and oxygen atoms in total. The van der Waals surface area contributed by atoms with Gasteiger partial charge in [-0.2, -0.15) is 4.98 Å². The van der Waals surface area contributed by atoms with E-state index in [9.17, 15) is 4.79 Å². The minimum absolute atomic E-state index is 0.122. The highest BCUT2D eigenvalue weighted by atomic mass is 16.5. The van der Waals surface area contributed by atoms with Crippen LogP contribution in [0.2, 0.25) is 0 Å². The second-order valence-corrected chi connectivity index (χ2v) is 7.53. The van der Waals surface area contributed by atoms with Crippen molar-refractivity contribution in [3.63, 3.8) is 0 Å². The summed E-state index contributed by atoms with van der Waals surface area (Å²) in [6.07, 6.45) is 4.22. The Kier molecular flexibility index (Phi) is 7.21. The van der Waals surface area contributed by atoms with E-state index in [-0.39, 0.29) is 12.0 Å². The zero-order valence-corrected chi connectivity index (χ0v) is 15.5. The van der Waals surface area contributed by atoms with Crippen LogP contribution in [-0.2, 0) is 22.4 Å². The van der Waals surface area contributed by atoms with E-state index in [0.717, 1.165) is 25.8 Å². The van der Waals surface area contributed by atoms with Crippen molar-refractivity contribution in [1.29, 1.82) is 0 Å². The topological polar surface area (TPSA) is 68.5 Å². The minimum Gasteiger partial charge on any atom is -0.376 e. The monoisotopic (exact) mass is 337 g/mol. The number of hydrogen-bond acceptors (Lipinski definition) is 5. The van der Waals surface area contributed by atoms with Crippen molar-refractivity contribution in [2.24, 2.45) is 11.8 Å². The van der Waals surface area contributed by atoms with Crippen LogP contribution in [-0.4, -0.2) is 46.7 Å². The zero-order chi connectivity index (χ0) is 17.5. The summed E-state index contributed by atoms with van der Waals surface area (Å²) in [5.41, 5.74) is 0. The van der Waals surface area contributed by atoms with Gasteiger partial charge in [-0.1, -0.05) is 32.9 Å². The van der Waals surface area contributed by atoms with Gasteiger partial charge >= 0.3 is 0 Å². The lowest BCUT2D eigenvalue weighted by Crippen LogP contribution is -2.43. The van der Waals surface area contributed by atoms with Crippen LogP contribution in [0.3, 0.4) is 0 Å². The summed E-state index contributed by atoms with van der Waals surface area (Å²) in [4.78, 5) is 18.5. The Labute approximate surface area is 144 Å². The Morgan fingerprint density at radius 1 is 1.33 bits per heavy atom. The van der Waals surface area contributed by atoms with Gasteiger partial charge in [0.15, 0.2) is 5.82 Å². The number of carbonyl (C=O) groups is 1. The maximum Gasteiger partial charge on any atom is 0.226 e. The summed E-state index contributed by atoms with van der Waals surface area (Å²) in [6, 6.07) is 0. The van der Waals surface area contributed by atoms with Crippen LogP contribution in [0, 0.1) is 11.8 Å². The largest absolute Gasteiger partial charge is 0.376 e. The van der Waals surface area contributed by atoms with E-state index in [4.69, 9.17) is 9.26 Å². The molecule has 0 N–H and O–H groups in total. The number of aromatic nitrogens is 2. The second-order valence-electron chi connectivity index (χ2n) is 7.53. The summed E-state index contributed by atoms with van der Waals surface area (Å²) in [6.45, 7) is 10.5. The summed E-state index contributed by atoms with van der Waals surface area (Å²) >= 11 is 0. The Morgan fingerprint density at radius 2 is 2.12 bits per heavy atom. The van der Waals surface area contributed by atoms with Crippen molar-refractivity contribution in [3.8, 4) is 0 Å². The molecule has 1 aromatic heterocycles. The number of nitrogens with zero attached hydrogens (tertiary/aromatic N) is 3. The third kappa shape index (κ3) is 6.23. The maximum absolute atomic E-state index is 12.2. The van der Waals surface area contributed by atoms with Crippen LogP contribution >= 0.6 is 0 Å². The van der Waals surface area contributed by atoms with E-state index in [1.165, 1.54) is 0 Å². The summed E-state index contributed by atoms with van der Waals surface area (Å²) in [5.74, 6) is 2.55. The van der Waals surface area contributed by atoms with Gasteiger partial charge in [-0.25, -0.2) is 0 Å². The lowest BCUT2D eigenvalue weighted by atomic mass is 10.1. The first-order valence-electron chi connectivity index (χ1n) is 9.15. The number of carbonyl (C=O) groups excluding carboxylic acids is 1. The van der Waals surface area contributed by atoms with Gasteiger partial charge < -0.3 is 14.2 Å². The second kappa shape index (κ2) is 9.16. The number of hydrogen-bond donors (Lipinski definition) is 0. The molecule has 0 aromatic carbocycles. The smallest absolute Gasteiger partial charge is 0.226 e. The molecule has 6 heteroatoms. The molecule has 2 rings (SSSR count). The van der Waals surface area contributed by atoms with Crippen molar-refractivity contribution < 1.29 is 14.1 Å². The van der Waals surface area contributed by atoms with Gasteiger partial charge in [0.25, 0.3) is 0 Å². The van der Waals surface area contributed by atoms with Crippen LogP contribution in [0.25, 0.3) is 0 Å². The van der Waals surface area contributed by atoms with Crippen LogP contribution in [0.4, 0.5) is 0 Å². The van der Waals surface area contributed by atoms with Crippen LogP contribution < -0.4 is 0 Å². The predicted molar refractivity (Wildman–Crippen MR) is 91.6 cm³/mol. The molecule has 1 unspecified atom stereocenters. The molecular formula is C18H31N3O3. The van der Waals surface area contributed by atoms with Crippen molar-refractivity contribution >= 4 is 5.91 Å². The summed E-state index contributed by atoms with van der Waals surface area (Å²) in [5, 5.41) is 4.00. The first-order chi connectivity index (χ1) is 11.4. The molecule has 0 saturated carbocycles. The zero-order valence-electron chi connectivity index (χ0n) is 15.5.